The molecule has 0 unspecified atom stereocenters. The Morgan fingerprint density at radius 1 is 0.500 bits per heavy atom. The first-order chi connectivity index (χ1) is 0. The summed E-state index contributed by atoms with van der Waals surface area (Å²) >= 11 is 0. The Morgan fingerprint density at radius 3 is 0.500 bits per heavy atom. The van der Waals surface area contributed by atoms with Gasteiger partial charge >= 0.3 is 0 Å². The Hall–Kier alpha value is 1.23. The van der Waals surface area contributed by atoms with Crippen LogP contribution in [0, 0.1) is 40.8 Å². The molecule has 0 aliphatic rings. The maximum absolute atomic E-state index is 0. The molecule has 0 aliphatic carbocycles. The summed E-state index contributed by atoms with van der Waals surface area (Å²) in [5.74, 6) is 0. The van der Waals surface area contributed by atoms with Crippen LogP contribution in [0.2, 0.25) is 0 Å². The van der Waals surface area contributed by atoms with Crippen molar-refractivity contribution in [1.82, 2.24) is 0 Å². The topological polar surface area (TPSA) is 94.5 Å². The zero-order valence-corrected chi connectivity index (χ0v) is 5.21. The molecule has 0 radical (unpaired) electrons. The van der Waals surface area contributed by atoms with Gasteiger partial charge in [0.2, 0.25) is 0 Å². The fourth-order valence-corrected chi connectivity index (χ4v) is 0. The van der Waals surface area contributed by atoms with Crippen LogP contribution in [0.5, 0.6) is 0 Å². The molecule has 0 heterocycles. The van der Waals surface area contributed by atoms with Gasteiger partial charge in [-0.25, -0.2) is 0 Å². The number of hydrogen-bond acceptors (Lipinski definition) is 0. The third-order valence-corrected chi connectivity index (χ3v) is 0. The summed E-state index contributed by atoms with van der Waals surface area (Å²) in [6.45, 7) is 0. The molecule has 0 atom stereocenters. The van der Waals surface area contributed by atoms with E-state index in [1.165, 1.54) is 0 Å². The largest absolute Gasteiger partial charge is 0.412 e. The number of rotatable bonds is 0. The fraction of sp³-hybridized carbons (Fsp3) is 0. The monoisotopic (exact) mass is 196 g/mol. The predicted octanol–water partition coefficient (Wildman–Crippen LogP) is -2.47. The maximum atomic E-state index is 0. The molecular formula is H6NdO3. The van der Waals surface area contributed by atoms with Crippen LogP contribution in [0.1, 0.15) is 0 Å². The molecule has 6 N–H and O–H groups in total. The SMILES string of the molecule is O.O.O.[Nd]. The molecule has 0 aromatic rings. The Labute approximate surface area is 56.8 Å². The Bertz CT molecular complexity index is 3.25. The molecule has 28 valence electrons. The standard InChI is InChI=1S/Nd.3H2O/h;3*1H2. The molecule has 0 bridgehead atoms. The van der Waals surface area contributed by atoms with E-state index in [-0.39, 0.29) is 57.3 Å². The second-order valence-electron chi connectivity index (χ2n) is 0. The summed E-state index contributed by atoms with van der Waals surface area (Å²) in [6, 6.07) is 0. The van der Waals surface area contributed by atoms with Crippen molar-refractivity contribution in [2.24, 2.45) is 0 Å². The molecule has 0 aromatic heterocycles. The van der Waals surface area contributed by atoms with Gasteiger partial charge in [0, 0.05) is 40.8 Å². The van der Waals surface area contributed by atoms with Crippen LogP contribution in [0.25, 0.3) is 0 Å². The molecule has 0 saturated carbocycles. The molecule has 0 aliphatic heterocycles. The van der Waals surface area contributed by atoms with Crippen LogP contribution in [-0.4, -0.2) is 16.4 Å². The van der Waals surface area contributed by atoms with Gasteiger partial charge in [-0.3, -0.25) is 0 Å². The van der Waals surface area contributed by atoms with E-state index in [1.54, 1.807) is 0 Å². The maximum Gasteiger partial charge on any atom is 0 e. The van der Waals surface area contributed by atoms with Gasteiger partial charge in [-0.2, -0.15) is 0 Å². The van der Waals surface area contributed by atoms with Crippen molar-refractivity contribution in [3.8, 4) is 0 Å². The molecule has 0 amide bonds. The first-order valence-corrected chi connectivity index (χ1v) is 0. The average molecular weight is 198 g/mol. The van der Waals surface area contributed by atoms with E-state index >= 15 is 0 Å². The van der Waals surface area contributed by atoms with E-state index < -0.39 is 0 Å². The van der Waals surface area contributed by atoms with Crippen LogP contribution in [0.4, 0.5) is 0 Å². The Morgan fingerprint density at radius 2 is 0.500 bits per heavy atom. The normalized spacial score (nSPS) is 0. The third-order valence-electron chi connectivity index (χ3n) is 0. The third kappa shape index (κ3) is 10.6. The zero-order valence-electron chi connectivity index (χ0n) is 2.00. The van der Waals surface area contributed by atoms with Crippen LogP contribution in [0.15, 0.2) is 0 Å². The van der Waals surface area contributed by atoms with Gasteiger partial charge in [-0.15, -0.1) is 0 Å². The predicted molar refractivity (Wildman–Crippen MR) is 10.8 cm³/mol. The summed E-state index contributed by atoms with van der Waals surface area (Å²) in [7, 11) is 0. The summed E-state index contributed by atoms with van der Waals surface area (Å²) in [5.41, 5.74) is 0. The van der Waals surface area contributed by atoms with Gasteiger partial charge in [0.1, 0.15) is 0 Å². The summed E-state index contributed by atoms with van der Waals surface area (Å²) in [5, 5.41) is 0. The van der Waals surface area contributed by atoms with Gasteiger partial charge in [-0.05, 0) is 0 Å². The molecule has 0 fully saturated rings. The van der Waals surface area contributed by atoms with Crippen LogP contribution < -0.4 is 0 Å². The molecule has 0 spiro atoms. The van der Waals surface area contributed by atoms with E-state index in [9.17, 15) is 0 Å². The van der Waals surface area contributed by atoms with Crippen LogP contribution in [0.3, 0.4) is 0 Å². The molecule has 4 heteroatoms. The van der Waals surface area contributed by atoms with Crippen molar-refractivity contribution in [3.63, 3.8) is 0 Å². The second-order valence-corrected chi connectivity index (χ2v) is 0. The summed E-state index contributed by atoms with van der Waals surface area (Å²) < 4.78 is 0. The van der Waals surface area contributed by atoms with Gasteiger partial charge in [0.25, 0.3) is 0 Å². The molecular weight excluding hydrogens is 192 g/mol. The fourth-order valence-electron chi connectivity index (χ4n) is 0. The van der Waals surface area contributed by atoms with E-state index in [0.29, 0.717) is 0 Å². The van der Waals surface area contributed by atoms with Gasteiger partial charge in [0.05, 0.1) is 0 Å². The van der Waals surface area contributed by atoms with Crippen LogP contribution in [-0.2, 0) is 0 Å². The zero-order chi connectivity index (χ0) is 0. The molecule has 0 saturated heterocycles. The smallest absolute Gasteiger partial charge is 0 e. The van der Waals surface area contributed by atoms with Gasteiger partial charge in [0.15, 0.2) is 0 Å². The summed E-state index contributed by atoms with van der Waals surface area (Å²) in [6.07, 6.45) is 0. The van der Waals surface area contributed by atoms with Crippen molar-refractivity contribution in [2.45, 2.75) is 0 Å². The van der Waals surface area contributed by atoms with Crippen molar-refractivity contribution in [1.29, 1.82) is 0 Å². The minimum atomic E-state index is 0. The first kappa shape index (κ1) is 61.8. The van der Waals surface area contributed by atoms with Crippen molar-refractivity contribution in [2.75, 3.05) is 0 Å². The van der Waals surface area contributed by atoms with Crippen molar-refractivity contribution < 1.29 is 57.3 Å². The molecule has 4 heavy (non-hydrogen) atoms. The molecule has 0 aromatic carbocycles. The van der Waals surface area contributed by atoms with E-state index in [0.717, 1.165) is 0 Å². The second kappa shape index (κ2) is 29.2. The average Bonchev–Trinajstić information content (AvgIpc) is 0. The van der Waals surface area contributed by atoms with E-state index in [2.05, 4.69) is 0 Å². The minimum Gasteiger partial charge on any atom is -0.412 e. The molecule has 0 rings (SSSR count). The van der Waals surface area contributed by atoms with Crippen molar-refractivity contribution >= 4 is 0 Å². The Kier molecular flexibility index (Phi) is 451. The summed E-state index contributed by atoms with van der Waals surface area (Å²) in [4.78, 5) is 0. The molecule has 3 nitrogen and oxygen atoms in total. The van der Waals surface area contributed by atoms with Crippen molar-refractivity contribution in [3.05, 3.63) is 0 Å². The number of hydrogen-bond donors (Lipinski definition) is 0. The first-order valence-electron chi connectivity index (χ1n) is 0. The minimum absolute atomic E-state index is 0. The van der Waals surface area contributed by atoms with E-state index in [1.807, 2.05) is 0 Å². The quantitative estimate of drug-likeness (QED) is 0.412. The Balaban J connectivity index is 0. The van der Waals surface area contributed by atoms with Gasteiger partial charge < -0.3 is 16.4 Å². The van der Waals surface area contributed by atoms with E-state index in [4.69, 9.17) is 0 Å². The van der Waals surface area contributed by atoms with Gasteiger partial charge in [-0.1, -0.05) is 0 Å². The van der Waals surface area contributed by atoms with Crippen LogP contribution >= 0.6 is 0 Å².